The number of rotatable bonds is 3. The van der Waals surface area contributed by atoms with Crippen molar-refractivity contribution in [3.05, 3.63) is 0 Å². The molecule has 0 spiro atoms. The molecule has 8 heavy (non-hydrogen) atoms. The van der Waals surface area contributed by atoms with E-state index in [9.17, 15) is 0 Å². The molecule has 0 saturated heterocycles. The molecule has 0 bridgehead atoms. The van der Waals surface area contributed by atoms with Gasteiger partial charge in [0.25, 0.3) is 0 Å². The fraction of sp³-hybridized carbons (Fsp3) is 1.00. The van der Waals surface area contributed by atoms with Gasteiger partial charge in [0.1, 0.15) is 0 Å². The van der Waals surface area contributed by atoms with Crippen molar-refractivity contribution >= 4 is 34.1 Å². The minimum absolute atomic E-state index is 0.498. The van der Waals surface area contributed by atoms with Gasteiger partial charge in [-0.2, -0.15) is 0 Å². The van der Waals surface area contributed by atoms with Gasteiger partial charge in [0.2, 0.25) is 0 Å². The molecule has 0 aromatic rings. The van der Waals surface area contributed by atoms with Crippen molar-refractivity contribution < 1.29 is 0 Å². The molecule has 0 aliphatic heterocycles. The molecule has 0 aromatic heterocycles. The van der Waals surface area contributed by atoms with E-state index in [2.05, 4.69) is 27.7 Å². The SMILES string of the molecule is CC(C)[Te][Te]C(C)C. The Labute approximate surface area is 69.1 Å². The van der Waals surface area contributed by atoms with E-state index in [1.165, 1.54) is 0 Å². The molecule has 0 N–H and O–H groups in total. The average Bonchev–Trinajstić information content (AvgIpc) is 1.61. The van der Waals surface area contributed by atoms with Gasteiger partial charge in [0.15, 0.2) is 0 Å². The van der Waals surface area contributed by atoms with E-state index in [4.69, 9.17) is 0 Å². The van der Waals surface area contributed by atoms with Crippen LogP contribution < -0.4 is 0 Å². The number of hydrogen-bond donors (Lipinski definition) is 0. The molecular formula is C6H14Te2. The van der Waals surface area contributed by atoms with Gasteiger partial charge in [-0.1, -0.05) is 0 Å². The second kappa shape index (κ2) is 5.37. The Bertz CT molecular complexity index is 42.5. The van der Waals surface area contributed by atoms with Crippen molar-refractivity contribution in [2.45, 2.75) is 35.6 Å². The van der Waals surface area contributed by atoms with E-state index in [0.29, 0.717) is 34.1 Å². The zero-order valence-electron chi connectivity index (χ0n) is 5.97. The van der Waals surface area contributed by atoms with E-state index < -0.39 is 0 Å². The van der Waals surface area contributed by atoms with Crippen molar-refractivity contribution in [3.8, 4) is 0 Å². The Morgan fingerprint density at radius 3 is 1.12 bits per heavy atom. The monoisotopic (exact) mass is 346 g/mol. The number of hydrogen-bond acceptors (Lipinski definition) is 0. The Morgan fingerprint density at radius 2 is 1.00 bits per heavy atom. The summed E-state index contributed by atoms with van der Waals surface area (Å²) in [5.41, 5.74) is 0. The topological polar surface area (TPSA) is 0 Å². The third-order valence-corrected chi connectivity index (χ3v) is 19.8. The zero-order valence-corrected chi connectivity index (χ0v) is 10.6. The summed E-state index contributed by atoms with van der Waals surface area (Å²) in [6.07, 6.45) is 0. The molecule has 0 amide bonds. The predicted octanol–water partition coefficient (Wildman–Crippen LogP) is 1.97. The molecule has 0 aromatic carbocycles. The van der Waals surface area contributed by atoms with Gasteiger partial charge in [0, 0.05) is 0 Å². The molecule has 0 aliphatic rings. The summed E-state index contributed by atoms with van der Waals surface area (Å²) < 4.78 is 2.15. The summed E-state index contributed by atoms with van der Waals surface area (Å²) in [7, 11) is 0. The van der Waals surface area contributed by atoms with Gasteiger partial charge in [-0.15, -0.1) is 0 Å². The van der Waals surface area contributed by atoms with Crippen LogP contribution in [-0.4, -0.2) is 34.1 Å². The Balaban J connectivity index is 2.93. The summed E-state index contributed by atoms with van der Waals surface area (Å²) in [5.74, 6) is 0. The van der Waals surface area contributed by atoms with Gasteiger partial charge < -0.3 is 0 Å². The van der Waals surface area contributed by atoms with Gasteiger partial charge in [-0.05, 0) is 0 Å². The van der Waals surface area contributed by atoms with Crippen LogP contribution in [0.3, 0.4) is 0 Å². The molecule has 0 atom stereocenters. The first kappa shape index (κ1) is 9.58. The zero-order chi connectivity index (χ0) is 6.57. The molecular weight excluding hydrogens is 327 g/mol. The van der Waals surface area contributed by atoms with Crippen LogP contribution >= 0.6 is 0 Å². The maximum atomic E-state index is 2.37. The third-order valence-electron chi connectivity index (χ3n) is 0.440. The molecule has 0 radical (unpaired) electrons. The van der Waals surface area contributed by atoms with Crippen LogP contribution in [0, 0.1) is 0 Å². The molecule has 2 heteroatoms. The van der Waals surface area contributed by atoms with Crippen molar-refractivity contribution in [1.29, 1.82) is 0 Å². The van der Waals surface area contributed by atoms with Crippen LogP contribution in [-0.2, 0) is 0 Å². The Morgan fingerprint density at radius 1 is 0.750 bits per heavy atom. The molecule has 0 unspecified atom stereocenters. The summed E-state index contributed by atoms with van der Waals surface area (Å²) in [6.45, 7) is 9.48. The van der Waals surface area contributed by atoms with Crippen LogP contribution in [0.1, 0.15) is 27.7 Å². The van der Waals surface area contributed by atoms with E-state index in [0.717, 1.165) is 7.93 Å². The van der Waals surface area contributed by atoms with Crippen LogP contribution in [0.2, 0.25) is 7.93 Å². The molecule has 50 valence electrons. The van der Waals surface area contributed by atoms with Crippen LogP contribution in [0.25, 0.3) is 0 Å². The van der Waals surface area contributed by atoms with E-state index in [1.54, 1.807) is 0 Å². The van der Waals surface area contributed by atoms with Gasteiger partial charge in [0.05, 0.1) is 0 Å². The van der Waals surface area contributed by atoms with Gasteiger partial charge in [-0.3, -0.25) is 0 Å². The first-order valence-corrected chi connectivity index (χ1v) is 13.0. The fourth-order valence-electron chi connectivity index (χ4n) is 0.222. The predicted molar refractivity (Wildman–Crippen MR) is 41.7 cm³/mol. The quantitative estimate of drug-likeness (QED) is 0.689. The fourth-order valence-corrected chi connectivity index (χ4v) is 10.0. The first-order valence-electron chi connectivity index (χ1n) is 2.95. The normalized spacial score (nSPS) is 11.2. The van der Waals surface area contributed by atoms with Crippen LogP contribution in [0.5, 0.6) is 0 Å². The van der Waals surface area contributed by atoms with E-state index >= 15 is 0 Å². The summed E-state index contributed by atoms with van der Waals surface area (Å²) in [5, 5.41) is 0. The molecule has 0 fully saturated rings. The third kappa shape index (κ3) is 7.58. The van der Waals surface area contributed by atoms with Crippen molar-refractivity contribution in [1.82, 2.24) is 0 Å². The summed E-state index contributed by atoms with van der Waals surface area (Å²) in [6, 6.07) is 0. The standard InChI is InChI=1S/C6H14Te2/c1-5(2)7-8-6(3)4/h5-6H,1-4H3. The summed E-state index contributed by atoms with van der Waals surface area (Å²) in [4.78, 5) is 0. The second-order valence-corrected chi connectivity index (χ2v) is 16.1. The second-order valence-electron chi connectivity index (χ2n) is 2.29. The molecule has 0 heterocycles. The Kier molecular flexibility index (Phi) is 6.43. The average molecular weight is 341 g/mol. The van der Waals surface area contributed by atoms with Crippen LogP contribution in [0.4, 0.5) is 0 Å². The molecule has 0 nitrogen and oxygen atoms in total. The van der Waals surface area contributed by atoms with Gasteiger partial charge >= 0.3 is 69.7 Å². The van der Waals surface area contributed by atoms with Crippen molar-refractivity contribution in [2.24, 2.45) is 0 Å². The minimum atomic E-state index is 0.498. The van der Waals surface area contributed by atoms with Crippen molar-refractivity contribution in [3.63, 3.8) is 0 Å². The van der Waals surface area contributed by atoms with E-state index in [1.807, 2.05) is 0 Å². The van der Waals surface area contributed by atoms with Crippen LogP contribution in [0.15, 0.2) is 0 Å². The maximum absolute atomic E-state index is 2.37. The molecule has 0 saturated carbocycles. The molecule has 0 rings (SSSR count). The van der Waals surface area contributed by atoms with Crippen molar-refractivity contribution in [2.75, 3.05) is 0 Å². The van der Waals surface area contributed by atoms with E-state index in [-0.39, 0.29) is 0 Å². The Hall–Kier alpha value is 1.58. The van der Waals surface area contributed by atoms with Gasteiger partial charge in [-0.25, -0.2) is 0 Å². The first-order chi connectivity index (χ1) is 3.63. The molecule has 0 aliphatic carbocycles. The summed E-state index contributed by atoms with van der Waals surface area (Å²) >= 11 is 0.996.